The third kappa shape index (κ3) is 5.88. The maximum atomic E-state index is 12.0. The van der Waals surface area contributed by atoms with Crippen LogP contribution in [0, 0.1) is 13.8 Å². The van der Waals surface area contributed by atoms with Crippen molar-refractivity contribution >= 4 is 5.91 Å². The van der Waals surface area contributed by atoms with Crippen molar-refractivity contribution in [3.05, 3.63) is 46.8 Å². The van der Waals surface area contributed by atoms with Crippen molar-refractivity contribution in [3.63, 3.8) is 0 Å². The summed E-state index contributed by atoms with van der Waals surface area (Å²) in [7, 11) is 0. The predicted octanol–water partition coefficient (Wildman–Crippen LogP) is 2.87. The molecule has 2 aromatic rings. The molecule has 142 valence electrons. The first-order chi connectivity index (χ1) is 12.5. The first-order valence-electron chi connectivity index (χ1n) is 9.16. The second-order valence-corrected chi connectivity index (χ2v) is 6.29. The Kier molecular flexibility index (Phi) is 7.66. The van der Waals surface area contributed by atoms with Gasteiger partial charge < -0.3 is 19.5 Å². The number of nitrogens with one attached hydrogen (secondary N) is 1. The van der Waals surface area contributed by atoms with Crippen LogP contribution >= 0.6 is 0 Å². The largest absolute Gasteiger partial charge is 0.489 e. The SMILES string of the molecule is CCN(CC)CCNC(=O)Cc1ccc(OCc2c(C)noc2C)cc1. The monoisotopic (exact) mass is 359 g/mol. The second-order valence-electron chi connectivity index (χ2n) is 6.29. The van der Waals surface area contributed by atoms with Gasteiger partial charge in [-0.3, -0.25) is 4.79 Å². The highest BCUT2D eigenvalue weighted by atomic mass is 16.5. The van der Waals surface area contributed by atoms with Crippen molar-refractivity contribution in [1.29, 1.82) is 0 Å². The number of ether oxygens (including phenoxy) is 1. The number of aryl methyl sites for hydroxylation is 2. The van der Waals surface area contributed by atoms with Crippen LogP contribution in [0.3, 0.4) is 0 Å². The van der Waals surface area contributed by atoms with Crippen LogP contribution in [0.4, 0.5) is 0 Å². The molecule has 0 spiro atoms. The minimum Gasteiger partial charge on any atom is -0.489 e. The lowest BCUT2D eigenvalue weighted by Crippen LogP contribution is -2.35. The van der Waals surface area contributed by atoms with Gasteiger partial charge in [-0.1, -0.05) is 31.1 Å². The molecule has 26 heavy (non-hydrogen) atoms. The normalized spacial score (nSPS) is 11.0. The zero-order valence-electron chi connectivity index (χ0n) is 16.2. The van der Waals surface area contributed by atoms with Gasteiger partial charge in [-0.25, -0.2) is 0 Å². The van der Waals surface area contributed by atoms with E-state index in [0.29, 0.717) is 19.6 Å². The number of amides is 1. The van der Waals surface area contributed by atoms with E-state index in [1.54, 1.807) is 0 Å². The summed E-state index contributed by atoms with van der Waals surface area (Å²) in [5.74, 6) is 1.58. The Bertz CT molecular complexity index is 671. The van der Waals surface area contributed by atoms with E-state index in [4.69, 9.17) is 9.26 Å². The molecular formula is C20H29N3O3. The van der Waals surface area contributed by atoms with Gasteiger partial charge in [0.1, 0.15) is 18.1 Å². The van der Waals surface area contributed by atoms with E-state index in [2.05, 4.69) is 29.2 Å². The average Bonchev–Trinajstić information content (AvgIpc) is 2.96. The lowest BCUT2D eigenvalue weighted by Gasteiger charge is -2.17. The Morgan fingerprint density at radius 1 is 1.19 bits per heavy atom. The number of hydrogen-bond acceptors (Lipinski definition) is 5. The molecule has 1 N–H and O–H groups in total. The molecule has 1 amide bonds. The first kappa shape index (κ1) is 20.0. The fourth-order valence-electron chi connectivity index (χ4n) is 2.71. The molecular weight excluding hydrogens is 330 g/mol. The van der Waals surface area contributed by atoms with Gasteiger partial charge in [0.15, 0.2) is 0 Å². The van der Waals surface area contributed by atoms with E-state index in [1.807, 2.05) is 38.1 Å². The first-order valence-corrected chi connectivity index (χ1v) is 9.16. The van der Waals surface area contributed by atoms with E-state index in [9.17, 15) is 4.79 Å². The van der Waals surface area contributed by atoms with E-state index < -0.39 is 0 Å². The Hall–Kier alpha value is -2.34. The Balaban J connectivity index is 1.77. The molecule has 1 aromatic carbocycles. The molecule has 0 unspecified atom stereocenters. The summed E-state index contributed by atoms with van der Waals surface area (Å²) in [6.07, 6.45) is 0.377. The molecule has 0 saturated carbocycles. The number of likely N-dealkylation sites (N-methyl/N-ethyl adjacent to an activating group) is 1. The maximum Gasteiger partial charge on any atom is 0.224 e. The van der Waals surface area contributed by atoms with Crippen molar-refractivity contribution in [2.45, 2.75) is 40.7 Å². The van der Waals surface area contributed by atoms with Crippen LogP contribution in [0.15, 0.2) is 28.8 Å². The second kappa shape index (κ2) is 9.97. The summed E-state index contributed by atoms with van der Waals surface area (Å²) in [4.78, 5) is 14.3. The summed E-state index contributed by atoms with van der Waals surface area (Å²) in [6.45, 7) is 12.0. The van der Waals surface area contributed by atoms with Crippen molar-refractivity contribution in [1.82, 2.24) is 15.4 Å². The Morgan fingerprint density at radius 3 is 2.46 bits per heavy atom. The van der Waals surface area contributed by atoms with Gasteiger partial charge in [0.05, 0.1) is 17.7 Å². The number of carbonyl (C=O) groups excluding carboxylic acids is 1. The molecule has 6 heteroatoms. The zero-order chi connectivity index (χ0) is 18.9. The minimum atomic E-state index is 0.0431. The molecule has 0 saturated heterocycles. The molecule has 0 aliphatic carbocycles. The third-order valence-corrected chi connectivity index (χ3v) is 4.50. The van der Waals surface area contributed by atoms with Gasteiger partial charge in [0.2, 0.25) is 5.91 Å². The maximum absolute atomic E-state index is 12.0. The summed E-state index contributed by atoms with van der Waals surface area (Å²) in [6, 6.07) is 7.62. The quantitative estimate of drug-likeness (QED) is 0.706. The van der Waals surface area contributed by atoms with Crippen LogP contribution in [0.1, 0.15) is 36.4 Å². The molecule has 1 aromatic heterocycles. The van der Waals surface area contributed by atoms with Gasteiger partial charge in [-0.15, -0.1) is 0 Å². The highest BCUT2D eigenvalue weighted by molar-refractivity contribution is 5.78. The van der Waals surface area contributed by atoms with E-state index >= 15 is 0 Å². The molecule has 6 nitrogen and oxygen atoms in total. The van der Waals surface area contributed by atoms with Crippen molar-refractivity contribution in [3.8, 4) is 5.75 Å². The number of carbonyl (C=O) groups is 1. The highest BCUT2D eigenvalue weighted by Gasteiger charge is 2.10. The fourth-order valence-corrected chi connectivity index (χ4v) is 2.71. The smallest absolute Gasteiger partial charge is 0.224 e. The molecule has 0 aliphatic rings. The molecule has 2 rings (SSSR count). The molecule has 0 fully saturated rings. The van der Waals surface area contributed by atoms with Crippen LogP contribution in [-0.4, -0.2) is 42.1 Å². The Morgan fingerprint density at radius 2 is 1.88 bits per heavy atom. The molecule has 1 heterocycles. The number of nitrogens with zero attached hydrogens (tertiary/aromatic N) is 2. The van der Waals surface area contributed by atoms with Gasteiger partial charge in [-0.2, -0.15) is 0 Å². The van der Waals surface area contributed by atoms with Gasteiger partial charge in [0, 0.05) is 13.1 Å². The van der Waals surface area contributed by atoms with E-state index in [1.165, 1.54) is 0 Å². The summed E-state index contributed by atoms with van der Waals surface area (Å²) < 4.78 is 10.9. The average molecular weight is 359 g/mol. The van der Waals surface area contributed by atoms with Crippen molar-refractivity contribution in [2.75, 3.05) is 26.2 Å². The van der Waals surface area contributed by atoms with Gasteiger partial charge in [0.25, 0.3) is 0 Å². The predicted molar refractivity (Wildman–Crippen MR) is 101 cm³/mol. The molecule has 0 radical (unpaired) electrons. The summed E-state index contributed by atoms with van der Waals surface area (Å²) >= 11 is 0. The lowest BCUT2D eigenvalue weighted by atomic mass is 10.1. The number of hydrogen-bond donors (Lipinski definition) is 1. The topological polar surface area (TPSA) is 67.6 Å². The lowest BCUT2D eigenvalue weighted by molar-refractivity contribution is -0.120. The van der Waals surface area contributed by atoms with Crippen molar-refractivity contribution in [2.24, 2.45) is 0 Å². The van der Waals surface area contributed by atoms with Gasteiger partial charge >= 0.3 is 0 Å². The number of benzene rings is 1. The van der Waals surface area contributed by atoms with Crippen LogP contribution in [-0.2, 0) is 17.8 Å². The minimum absolute atomic E-state index is 0.0431. The van der Waals surface area contributed by atoms with Crippen LogP contribution in [0.25, 0.3) is 0 Å². The Labute approximate surface area is 155 Å². The summed E-state index contributed by atoms with van der Waals surface area (Å²) in [5, 5.41) is 6.89. The van der Waals surface area contributed by atoms with E-state index in [-0.39, 0.29) is 5.91 Å². The van der Waals surface area contributed by atoms with Crippen molar-refractivity contribution < 1.29 is 14.1 Å². The zero-order valence-corrected chi connectivity index (χ0v) is 16.2. The number of aromatic nitrogens is 1. The molecule has 0 bridgehead atoms. The third-order valence-electron chi connectivity index (χ3n) is 4.50. The van der Waals surface area contributed by atoms with Gasteiger partial charge in [-0.05, 0) is 44.6 Å². The fraction of sp³-hybridized carbons (Fsp3) is 0.500. The van der Waals surface area contributed by atoms with Crippen LogP contribution in [0.2, 0.25) is 0 Å². The highest BCUT2D eigenvalue weighted by Crippen LogP contribution is 2.18. The standard InChI is InChI=1S/C20H29N3O3/c1-5-23(6-2)12-11-21-20(24)13-17-7-9-18(10-8-17)25-14-19-15(3)22-26-16(19)4/h7-10H,5-6,11-14H2,1-4H3,(H,21,24). The number of rotatable bonds is 10. The molecule has 0 aliphatic heterocycles. The van der Waals surface area contributed by atoms with Crippen LogP contribution < -0.4 is 10.1 Å². The van der Waals surface area contributed by atoms with Crippen LogP contribution in [0.5, 0.6) is 5.75 Å². The summed E-state index contributed by atoms with van der Waals surface area (Å²) in [5.41, 5.74) is 2.79. The molecule has 0 atom stereocenters. The van der Waals surface area contributed by atoms with E-state index in [0.717, 1.165) is 48.0 Å².